The van der Waals surface area contributed by atoms with Crippen LogP contribution in [0.5, 0.6) is 0 Å². The molecular weight excluding hydrogens is 228 g/mol. The Morgan fingerprint density at radius 2 is 2.11 bits per heavy atom. The van der Waals surface area contributed by atoms with Crippen LogP contribution in [0.4, 0.5) is 0 Å². The first-order valence-electron chi connectivity index (χ1n) is 6.70. The number of rotatable bonds is 4. The first-order chi connectivity index (χ1) is 8.72. The number of carboxylic acid groups (broad SMARTS) is 1. The van der Waals surface area contributed by atoms with Gasteiger partial charge in [-0.3, -0.25) is 4.79 Å². The van der Waals surface area contributed by atoms with Gasteiger partial charge in [-0.05, 0) is 30.7 Å². The molecule has 98 valence electrons. The van der Waals surface area contributed by atoms with Crippen LogP contribution in [0.3, 0.4) is 0 Å². The number of aliphatic carboxylic acids is 1. The van der Waals surface area contributed by atoms with E-state index in [-0.39, 0.29) is 11.8 Å². The SMILES string of the molecule is CCCC1CCC(C(=O)O)C(c2cncnc2)C1. The minimum atomic E-state index is -0.682. The molecule has 3 atom stereocenters. The summed E-state index contributed by atoms with van der Waals surface area (Å²) in [5.74, 6) is -0.229. The lowest BCUT2D eigenvalue weighted by Crippen LogP contribution is -2.29. The molecule has 4 heteroatoms. The molecule has 0 bridgehead atoms. The van der Waals surface area contributed by atoms with Gasteiger partial charge in [0, 0.05) is 18.3 Å². The number of aromatic nitrogens is 2. The monoisotopic (exact) mass is 248 g/mol. The molecule has 1 heterocycles. The number of carbonyl (C=O) groups is 1. The van der Waals surface area contributed by atoms with Crippen molar-refractivity contribution in [3.05, 3.63) is 24.3 Å². The van der Waals surface area contributed by atoms with E-state index in [0.717, 1.165) is 24.8 Å². The molecule has 0 aromatic carbocycles. The normalized spacial score (nSPS) is 27.9. The molecule has 1 aromatic heterocycles. The van der Waals surface area contributed by atoms with Crippen LogP contribution in [-0.4, -0.2) is 21.0 Å². The minimum Gasteiger partial charge on any atom is -0.481 e. The van der Waals surface area contributed by atoms with Crippen LogP contribution >= 0.6 is 0 Å². The zero-order chi connectivity index (χ0) is 13.0. The van der Waals surface area contributed by atoms with Gasteiger partial charge in [-0.2, -0.15) is 0 Å². The van der Waals surface area contributed by atoms with E-state index in [4.69, 9.17) is 0 Å². The van der Waals surface area contributed by atoms with Crippen LogP contribution in [0.2, 0.25) is 0 Å². The van der Waals surface area contributed by atoms with E-state index in [1.807, 2.05) is 0 Å². The van der Waals surface area contributed by atoms with Gasteiger partial charge in [0.15, 0.2) is 0 Å². The van der Waals surface area contributed by atoms with Crippen molar-refractivity contribution in [2.24, 2.45) is 11.8 Å². The van der Waals surface area contributed by atoms with Gasteiger partial charge in [0.05, 0.1) is 5.92 Å². The summed E-state index contributed by atoms with van der Waals surface area (Å²) in [6, 6.07) is 0. The third kappa shape index (κ3) is 2.86. The molecule has 18 heavy (non-hydrogen) atoms. The fraction of sp³-hybridized carbons (Fsp3) is 0.643. The molecule has 1 aliphatic carbocycles. The molecule has 1 aromatic rings. The molecule has 0 spiro atoms. The molecule has 0 saturated heterocycles. The van der Waals surface area contributed by atoms with Crippen molar-refractivity contribution in [2.45, 2.75) is 44.9 Å². The van der Waals surface area contributed by atoms with Gasteiger partial charge in [0.25, 0.3) is 0 Å². The molecule has 0 aliphatic heterocycles. The number of hydrogen-bond donors (Lipinski definition) is 1. The first-order valence-corrected chi connectivity index (χ1v) is 6.70. The predicted molar refractivity (Wildman–Crippen MR) is 68.1 cm³/mol. The second-order valence-electron chi connectivity index (χ2n) is 5.19. The average Bonchev–Trinajstić information content (AvgIpc) is 2.40. The lowest BCUT2D eigenvalue weighted by Gasteiger charge is -2.33. The smallest absolute Gasteiger partial charge is 0.307 e. The highest BCUT2D eigenvalue weighted by molar-refractivity contribution is 5.71. The Balaban J connectivity index is 2.17. The maximum atomic E-state index is 11.4. The fourth-order valence-corrected chi connectivity index (χ4v) is 3.09. The van der Waals surface area contributed by atoms with Gasteiger partial charge in [0.1, 0.15) is 6.33 Å². The summed E-state index contributed by atoms with van der Waals surface area (Å²) < 4.78 is 0. The lowest BCUT2D eigenvalue weighted by atomic mass is 9.70. The van der Waals surface area contributed by atoms with Crippen LogP contribution in [0.1, 0.15) is 50.5 Å². The third-order valence-electron chi connectivity index (χ3n) is 3.98. The van der Waals surface area contributed by atoms with Crippen molar-refractivity contribution in [3.63, 3.8) is 0 Å². The van der Waals surface area contributed by atoms with Gasteiger partial charge in [-0.25, -0.2) is 9.97 Å². The Kier molecular flexibility index (Phi) is 4.28. The molecule has 1 saturated carbocycles. The molecule has 1 aliphatic rings. The summed E-state index contributed by atoms with van der Waals surface area (Å²) in [4.78, 5) is 19.4. The maximum Gasteiger partial charge on any atom is 0.307 e. The van der Waals surface area contributed by atoms with E-state index in [0.29, 0.717) is 5.92 Å². The highest BCUT2D eigenvalue weighted by Crippen LogP contribution is 2.41. The lowest BCUT2D eigenvalue weighted by molar-refractivity contribution is -0.143. The summed E-state index contributed by atoms with van der Waals surface area (Å²) in [6.07, 6.45) is 10.2. The number of nitrogens with zero attached hydrogens (tertiary/aromatic N) is 2. The predicted octanol–water partition coefficient (Wildman–Crippen LogP) is 2.86. The standard InChI is InChI=1S/C14H20N2O2/c1-2-3-10-4-5-12(14(17)18)13(6-10)11-7-15-9-16-8-11/h7-10,12-13H,2-6H2,1H3,(H,17,18). The summed E-state index contributed by atoms with van der Waals surface area (Å²) in [7, 11) is 0. The third-order valence-corrected chi connectivity index (χ3v) is 3.98. The Morgan fingerprint density at radius 1 is 1.39 bits per heavy atom. The van der Waals surface area contributed by atoms with Gasteiger partial charge in [0.2, 0.25) is 0 Å². The summed E-state index contributed by atoms with van der Waals surface area (Å²) in [5.41, 5.74) is 0.978. The van der Waals surface area contributed by atoms with Crippen molar-refractivity contribution in [1.82, 2.24) is 9.97 Å². The second-order valence-corrected chi connectivity index (χ2v) is 5.19. The van der Waals surface area contributed by atoms with Gasteiger partial charge < -0.3 is 5.11 Å². The molecule has 0 amide bonds. The molecule has 3 unspecified atom stereocenters. The Bertz CT molecular complexity index is 394. The molecule has 1 fully saturated rings. The highest BCUT2D eigenvalue weighted by Gasteiger charge is 2.35. The second kappa shape index (κ2) is 5.94. The molecule has 2 rings (SSSR count). The highest BCUT2D eigenvalue weighted by atomic mass is 16.4. The minimum absolute atomic E-state index is 0.0778. The van der Waals surface area contributed by atoms with Gasteiger partial charge >= 0.3 is 5.97 Å². The summed E-state index contributed by atoms with van der Waals surface area (Å²) >= 11 is 0. The zero-order valence-corrected chi connectivity index (χ0v) is 10.7. The zero-order valence-electron chi connectivity index (χ0n) is 10.7. The topological polar surface area (TPSA) is 63.1 Å². The van der Waals surface area contributed by atoms with Crippen molar-refractivity contribution in [3.8, 4) is 0 Å². The van der Waals surface area contributed by atoms with E-state index in [1.54, 1.807) is 12.4 Å². The van der Waals surface area contributed by atoms with Crippen molar-refractivity contribution < 1.29 is 9.90 Å². The number of hydrogen-bond acceptors (Lipinski definition) is 3. The van der Waals surface area contributed by atoms with Crippen LogP contribution in [-0.2, 0) is 4.79 Å². The van der Waals surface area contributed by atoms with E-state index in [9.17, 15) is 9.90 Å². The van der Waals surface area contributed by atoms with Crippen molar-refractivity contribution >= 4 is 5.97 Å². The molecule has 1 N–H and O–H groups in total. The molecule has 4 nitrogen and oxygen atoms in total. The average molecular weight is 248 g/mol. The van der Waals surface area contributed by atoms with Crippen LogP contribution in [0.25, 0.3) is 0 Å². The van der Waals surface area contributed by atoms with Crippen LogP contribution in [0.15, 0.2) is 18.7 Å². The van der Waals surface area contributed by atoms with E-state index in [2.05, 4.69) is 16.9 Å². The largest absolute Gasteiger partial charge is 0.481 e. The Labute approximate surface area is 107 Å². The van der Waals surface area contributed by atoms with E-state index in [1.165, 1.54) is 19.2 Å². The Morgan fingerprint density at radius 3 is 2.72 bits per heavy atom. The van der Waals surface area contributed by atoms with E-state index < -0.39 is 5.97 Å². The van der Waals surface area contributed by atoms with Crippen LogP contribution in [0, 0.1) is 11.8 Å². The van der Waals surface area contributed by atoms with Gasteiger partial charge in [-0.1, -0.05) is 19.8 Å². The van der Waals surface area contributed by atoms with Crippen molar-refractivity contribution in [2.75, 3.05) is 0 Å². The van der Waals surface area contributed by atoms with E-state index >= 15 is 0 Å². The summed E-state index contributed by atoms with van der Waals surface area (Å²) in [5, 5.41) is 9.35. The maximum absolute atomic E-state index is 11.4. The first kappa shape index (κ1) is 13.0. The van der Waals surface area contributed by atoms with Gasteiger partial charge in [-0.15, -0.1) is 0 Å². The van der Waals surface area contributed by atoms with Crippen LogP contribution < -0.4 is 0 Å². The van der Waals surface area contributed by atoms with Crippen molar-refractivity contribution in [1.29, 1.82) is 0 Å². The molecular formula is C14H20N2O2. The fourth-order valence-electron chi connectivity index (χ4n) is 3.09. The Hall–Kier alpha value is -1.45. The number of carboxylic acids is 1. The summed E-state index contributed by atoms with van der Waals surface area (Å²) in [6.45, 7) is 2.18. The molecule has 0 radical (unpaired) electrons. The quantitative estimate of drug-likeness (QED) is 0.890.